The second-order valence-electron chi connectivity index (χ2n) is 7.89. The lowest BCUT2D eigenvalue weighted by molar-refractivity contribution is -0.132. The minimum atomic E-state index is -0.675. The molecule has 32 heavy (non-hydrogen) atoms. The molecule has 0 unspecified atom stereocenters. The first-order valence-electron chi connectivity index (χ1n) is 10.5. The van der Waals surface area contributed by atoms with Gasteiger partial charge in [0, 0.05) is 11.1 Å². The summed E-state index contributed by atoms with van der Waals surface area (Å²) >= 11 is 9.39. The highest BCUT2D eigenvalue weighted by Gasteiger charge is 2.40. The summed E-state index contributed by atoms with van der Waals surface area (Å²) in [7, 11) is 0. The summed E-state index contributed by atoms with van der Waals surface area (Å²) in [6.07, 6.45) is 6.09. The quantitative estimate of drug-likeness (QED) is 0.421. The van der Waals surface area contributed by atoms with Crippen LogP contribution in [0.5, 0.6) is 5.75 Å². The molecule has 0 atom stereocenters. The molecule has 1 N–H and O–H groups in total. The lowest BCUT2D eigenvalue weighted by Gasteiger charge is -2.35. The zero-order valence-corrected chi connectivity index (χ0v) is 19.6. The number of urea groups is 1. The zero-order chi connectivity index (χ0) is 22.7. The third-order valence-electron chi connectivity index (χ3n) is 5.65. The Hall–Kier alpha value is -2.64. The van der Waals surface area contributed by atoms with Crippen LogP contribution >= 0.6 is 27.5 Å². The summed E-state index contributed by atoms with van der Waals surface area (Å²) in [5.74, 6) is -0.586. The van der Waals surface area contributed by atoms with Crippen molar-refractivity contribution < 1.29 is 19.1 Å². The van der Waals surface area contributed by atoms with E-state index in [4.69, 9.17) is 16.3 Å². The molecule has 1 saturated heterocycles. The van der Waals surface area contributed by atoms with E-state index in [1.54, 1.807) is 30.3 Å². The highest BCUT2D eigenvalue weighted by atomic mass is 79.9. The molecular formula is C24H22BrClN2O4. The van der Waals surface area contributed by atoms with Crippen molar-refractivity contribution in [2.45, 2.75) is 44.8 Å². The summed E-state index contributed by atoms with van der Waals surface area (Å²) in [4.78, 5) is 39.0. The molecule has 0 bridgehead atoms. The summed E-state index contributed by atoms with van der Waals surface area (Å²) in [6.45, 7) is 0.371. The molecule has 166 valence electrons. The number of rotatable bonds is 5. The van der Waals surface area contributed by atoms with Gasteiger partial charge in [0.1, 0.15) is 17.9 Å². The van der Waals surface area contributed by atoms with E-state index in [0.29, 0.717) is 27.4 Å². The predicted molar refractivity (Wildman–Crippen MR) is 125 cm³/mol. The van der Waals surface area contributed by atoms with Crippen LogP contribution in [0.15, 0.2) is 52.5 Å². The van der Waals surface area contributed by atoms with Gasteiger partial charge in [-0.25, -0.2) is 4.79 Å². The fraction of sp³-hybridized carbons (Fsp3) is 0.292. The van der Waals surface area contributed by atoms with Crippen molar-refractivity contribution in [1.82, 2.24) is 10.2 Å². The van der Waals surface area contributed by atoms with Gasteiger partial charge in [0.2, 0.25) is 0 Å². The maximum atomic E-state index is 13.0. The SMILES string of the molecule is O=C1NC(=O)N(C2CCCCC2)C(=O)C1=Cc1ccc(OCc2ccc(Cl)cc2)c(Br)c1. The van der Waals surface area contributed by atoms with E-state index < -0.39 is 17.8 Å². The average molecular weight is 518 g/mol. The van der Waals surface area contributed by atoms with E-state index in [9.17, 15) is 14.4 Å². The third-order valence-corrected chi connectivity index (χ3v) is 6.52. The van der Waals surface area contributed by atoms with Gasteiger partial charge in [-0.05, 0) is 70.2 Å². The third kappa shape index (κ3) is 5.05. The standard InChI is InChI=1S/C24H22BrClN2O4/c25-20-13-16(8-11-21(20)32-14-15-6-9-17(26)10-7-15)12-19-22(29)27-24(31)28(23(19)30)18-4-2-1-3-5-18/h6-13,18H,1-5,14H2,(H,27,29,31). The second-order valence-corrected chi connectivity index (χ2v) is 9.18. The molecule has 4 rings (SSSR count). The normalized spacial score (nSPS) is 18.8. The summed E-state index contributed by atoms with van der Waals surface area (Å²) in [6, 6.07) is 11.9. The fourth-order valence-corrected chi connectivity index (χ4v) is 4.61. The van der Waals surface area contributed by atoms with Crippen LogP contribution in [-0.2, 0) is 16.2 Å². The number of hydrogen-bond donors (Lipinski definition) is 1. The predicted octanol–water partition coefficient (Wildman–Crippen LogP) is 5.48. The van der Waals surface area contributed by atoms with Crippen LogP contribution in [0.1, 0.15) is 43.2 Å². The van der Waals surface area contributed by atoms with Crippen LogP contribution in [0.3, 0.4) is 0 Å². The Balaban J connectivity index is 1.50. The molecule has 2 aliphatic rings. The Morgan fingerprint density at radius 1 is 1.06 bits per heavy atom. The van der Waals surface area contributed by atoms with Crippen LogP contribution in [-0.4, -0.2) is 28.8 Å². The fourth-order valence-electron chi connectivity index (χ4n) is 3.97. The van der Waals surface area contributed by atoms with Gasteiger partial charge in [-0.2, -0.15) is 0 Å². The molecular weight excluding hydrogens is 496 g/mol. The Labute approximate surface area is 199 Å². The van der Waals surface area contributed by atoms with Gasteiger partial charge in [0.05, 0.1) is 4.47 Å². The number of imide groups is 2. The van der Waals surface area contributed by atoms with Crippen LogP contribution in [0.4, 0.5) is 4.79 Å². The molecule has 8 heteroatoms. The van der Waals surface area contributed by atoms with Gasteiger partial charge in [-0.3, -0.25) is 19.8 Å². The van der Waals surface area contributed by atoms with E-state index in [-0.39, 0.29) is 11.6 Å². The Morgan fingerprint density at radius 2 is 1.78 bits per heavy atom. The van der Waals surface area contributed by atoms with Gasteiger partial charge >= 0.3 is 6.03 Å². The number of carbonyl (C=O) groups excluding carboxylic acids is 3. The lowest BCUT2D eigenvalue weighted by Crippen LogP contribution is -2.58. The van der Waals surface area contributed by atoms with Crippen molar-refractivity contribution in [3.8, 4) is 5.75 Å². The molecule has 2 fully saturated rings. The maximum Gasteiger partial charge on any atom is 0.331 e. The van der Waals surface area contributed by atoms with E-state index in [0.717, 1.165) is 37.7 Å². The van der Waals surface area contributed by atoms with Crippen molar-refractivity contribution in [2.75, 3.05) is 0 Å². The summed E-state index contributed by atoms with van der Waals surface area (Å²) in [5.41, 5.74) is 1.58. The molecule has 0 radical (unpaired) electrons. The highest BCUT2D eigenvalue weighted by Crippen LogP contribution is 2.30. The zero-order valence-electron chi connectivity index (χ0n) is 17.3. The Kier molecular flexibility index (Phi) is 6.96. The summed E-state index contributed by atoms with van der Waals surface area (Å²) in [5, 5.41) is 2.97. The lowest BCUT2D eigenvalue weighted by atomic mass is 9.93. The second kappa shape index (κ2) is 9.88. The van der Waals surface area contributed by atoms with Crippen LogP contribution in [0.2, 0.25) is 5.02 Å². The van der Waals surface area contributed by atoms with Crippen LogP contribution in [0, 0.1) is 0 Å². The molecule has 1 saturated carbocycles. The largest absolute Gasteiger partial charge is 0.488 e. The van der Waals surface area contributed by atoms with E-state index in [2.05, 4.69) is 21.2 Å². The first-order chi connectivity index (χ1) is 15.4. The van der Waals surface area contributed by atoms with Gasteiger partial charge in [0.15, 0.2) is 0 Å². The molecule has 0 spiro atoms. The average Bonchev–Trinajstić information content (AvgIpc) is 2.78. The summed E-state index contributed by atoms with van der Waals surface area (Å²) < 4.78 is 6.54. The number of halogens is 2. The first kappa shape index (κ1) is 22.6. The van der Waals surface area contributed by atoms with Crippen LogP contribution < -0.4 is 10.1 Å². The van der Waals surface area contributed by atoms with Gasteiger partial charge in [-0.1, -0.05) is 49.1 Å². The Bertz CT molecular complexity index is 1080. The van der Waals surface area contributed by atoms with E-state index in [1.165, 1.54) is 11.0 Å². The molecule has 0 aromatic heterocycles. The van der Waals surface area contributed by atoms with Crippen LogP contribution in [0.25, 0.3) is 6.08 Å². The number of carbonyl (C=O) groups is 3. The molecule has 2 aromatic rings. The Morgan fingerprint density at radius 3 is 2.47 bits per heavy atom. The van der Waals surface area contributed by atoms with Crippen molar-refractivity contribution >= 4 is 51.5 Å². The molecule has 4 amide bonds. The van der Waals surface area contributed by atoms with Crippen molar-refractivity contribution in [3.05, 3.63) is 68.7 Å². The maximum absolute atomic E-state index is 13.0. The van der Waals surface area contributed by atoms with E-state index >= 15 is 0 Å². The first-order valence-corrected chi connectivity index (χ1v) is 11.7. The number of amides is 4. The number of benzene rings is 2. The van der Waals surface area contributed by atoms with Crippen molar-refractivity contribution in [3.63, 3.8) is 0 Å². The van der Waals surface area contributed by atoms with E-state index in [1.807, 2.05) is 12.1 Å². The minimum Gasteiger partial charge on any atom is -0.488 e. The number of nitrogens with one attached hydrogen (secondary N) is 1. The van der Waals surface area contributed by atoms with Gasteiger partial charge in [0.25, 0.3) is 11.8 Å². The highest BCUT2D eigenvalue weighted by molar-refractivity contribution is 9.10. The van der Waals surface area contributed by atoms with Gasteiger partial charge < -0.3 is 4.74 Å². The van der Waals surface area contributed by atoms with Crippen molar-refractivity contribution in [2.24, 2.45) is 0 Å². The number of ether oxygens (including phenoxy) is 1. The monoisotopic (exact) mass is 516 g/mol. The molecule has 1 heterocycles. The molecule has 1 aliphatic carbocycles. The van der Waals surface area contributed by atoms with Gasteiger partial charge in [-0.15, -0.1) is 0 Å². The minimum absolute atomic E-state index is 0.0445. The number of nitrogens with zero attached hydrogens (tertiary/aromatic N) is 1. The molecule has 1 aliphatic heterocycles. The topological polar surface area (TPSA) is 75.7 Å². The number of barbiturate groups is 1. The number of hydrogen-bond acceptors (Lipinski definition) is 4. The van der Waals surface area contributed by atoms with Crippen molar-refractivity contribution in [1.29, 1.82) is 0 Å². The molecule has 6 nitrogen and oxygen atoms in total. The molecule has 2 aromatic carbocycles. The smallest absolute Gasteiger partial charge is 0.331 e.